The van der Waals surface area contributed by atoms with E-state index < -0.39 is 6.09 Å². The van der Waals surface area contributed by atoms with Gasteiger partial charge in [-0.3, -0.25) is 0 Å². The van der Waals surface area contributed by atoms with Gasteiger partial charge in [-0.2, -0.15) is 0 Å². The summed E-state index contributed by atoms with van der Waals surface area (Å²) in [6.45, 7) is 8.97. The summed E-state index contributed by atoms with van der Waals surface area (Å²) < 4.78 is 7.02. The molecule has 0 aliphatic carbocycles. The number of aromatic amines is 1. The fourth-order valence-corrected chi connectivity index (χ4v) is 2.47. The number of ether oxygens (including phenoxy) is 1. The fraction of sp³-hybridized carbons (Fsp3) is 0.353. The van der Waals surface area contributed by atoms with Gasteiger partial charge in [0.15, 0.2) is 0 Å². The summed E-state index contributed by atoms with van der Waals surface area (Å²) in [4.78, 5) is 23.4. The summed E-state index contributed by atoms with van der Waals surface area (Å²) >= 11 is 0. The van der Waals surface area contributed by atoms with Crippen LogP contribution in [0, 0.1) is 5.92 Å². The van der Waals surface area contributed by atoms with Crippen molar-refractivity contribution >= 4 is 33.9 Å². The number of fused-ring (bicyclic) bond motifs is 3. The molecule has 0 bridgehead atoms. The number of hydrogen-bond acceptors (Lipinski definition) is 4. The number of imidazole rings is 1. The zero-order valence-electron chi connectivity index (χ0n) is 13.9. The van der Waals surface area contributed by atoms with Crippen molar-refractivity contribution in [3.05, 3.63) is 31.4 Å². The molecule has 0 saturated carbocycles. The van der Waals surface area contributed by atoms with E-state index in [-0.39, 0.29) is 0 Å². The van der Waals surface area contributed by atoms with Crippen molar-refractivity contribution in [1.29, 1.82) is 0 Å². The molecule has 0 saturated heterocycles. The highest BCUT2D eigenvalue weighted by Gasteiger charge is 2.11. The van der Waals surface area contributed by atoms with Gasteiger partial charge in [0, 0.05) is 30.2 Å². The minimum Gasteiger partial charge on any atom is -0.449 e. The van der Waals surface area contributed by atoms with E-state index in [1.54, 1.807) is 12.5 Å². The van der Waals surface area contributed by atoms with Gasteiger partial charge in [0.05, 0.1) is 18.3 Å². The molecule has 0 aliphatic rings. The quantitative estimate of drug-likeness (QED) is 0.728. The highest BCUT2D eigenvalue weighted by Crippen LogP contribution is 2.24. The van der Waals surface area contributed by atoms with Gasteiger partial charge in [0.2, 0.25) is 0 Å². The third-order valence-corrected chi connectivity index (χ3v) is 3.66. The Morgan fingerprint density at radius 1 is 1.46 bits per heavy atom. The van der Waals surface area contributed by atoms with Crippen molar-refractivity contribution in [2.45, 2.75) is 20.3 Å². The van der Waals surface area contributed by atoms with Crippen LogP contribution in [0.25, 0.3) is 27.8 Å². The largest absolute Gasteiger partial charge is 0.449 e. The van der Waals surface area contributed by atoms with Crippen LogP contribution in [-0.4, -0.2) is 38.8 Å². The number of aromatic nitrogens is 4. The average molecular weight is 327 g/mol. The predicted octanol–water partition coefficient (Wildman–Crippen LogP) is 3.16. The van der Waals surface area contributed by atoms with Gasteiger partial charge in [0.25, 0.3) is 0 Å². The van der Waals surface area contributed by atoms with Crippen LogP contribution in [0.5, 0.6) is 0 Å². The van der Waals surface area contributed by atoms with E-state index in [0.717, 1.165) is 27.8 Å². The normalized spacial score (nSPS) is 11.3. The molecule has 7 nitrogen and oxygen atoms in total. The molecule has 24 heavy (non-hydrogen) atoms. The van der Waals surface area contributed by atoms with Crippen molar-refractivity contribution in [1.82, 2.24) is 24.8 Å². The number of rotatable bonds is 6. The first-order chi connectivity index (χ1) is 11.6. The van der Waals surface area contributed by atoms with Crippen LogP contribution in [0.3, 0.4) is 0 Å². The Kier molecular flexibility index (Phi) is 4.50. The lowest BCUT2D eigenvalue weighted by molar-refractivity contribution is 0.133. The zero-order valence-corrected chi connectivity index (χ0v) is 13.9. The SMILES string of the molecule is C=C(CCNC(=O)OCC(C)C)n1cnc2cnc3[nH]ccc3c21. The number of nitrogens with zero attached hydrogens (tertiary/aromatic N) is 3. The monoisotopic (exact) mass is 327 g/mol. The van der Waals surface area contributed by atoms with Gasteiger partial charge in [-0.25, -0.2) is 14.8 Å². The van der Waals surface area contributed by atoms with Crippen LogP contribution >= 0.6 is 0 Å². The Morgan fingerprint density at radius 2 is 2.29 bits per heavy atom. The van der Waals surface area contributed by atoms with Crippen molar-refractivity contribution in [2.24, 2.45) is 5.92 Å². The molecule has 0 aliphatic heterocycles. The van der Waals surface area contributed by atoms with Crippen LogP contribution in [0.2, 0.25) is 0 Å². The maximum absolute atomic E-state index is 11.6. The molecule has 7 heteroatoms. The predicted molar refractivity (Wildman–Crippen MR) is 93.5 cm³/mol. The minimum absolute atomic E-state index is 0.320. The van der Waals surface area contributed by atoms with Crippen molar-refractivity contribution in [3.63, 3.8) is 0 Å². The van der Waals surface area contributed by atoms with E-state index in [2.05, 4.69) is 26.8 Å². The molecule has 1 amide bonds. The molecule has 3 aromatic rings. The Balaban J connectivity index is 1.66. The average Bonchev–Trinajstić information content (AvgIpc) is 3.18. The Labute approximate surface area is 139 Å². The number of H-pyrrole nitrogens is 1. The van der Waals surface area contributed by atoms with Crippen molar-refractivity contribution in [3.8, 4) is 0 Å². The van der Waals surface area contributed by atoms with Gasteiger partial charge < -0.3 is 19.6 Å². The van der Waals surface area contributed by atoms with E-state index in [1.807, 2.05) is 30.7 Å². The highest BCUT2D eigenvalue weighted by molar-refractivity contribution is 6.02. The minimum atomic E-state index is -0.399. The fourth-order valence-electron chi connectivity index (χ4n) is 2.47. The molecule has 0 fully saturated rings. The van der Waals surface area contributed by atoms with Gasteiger partial charge >= 0.3 is 6.09 Å². The molecule has 0 unspecified atom stereocenters. The van der Waals surface area contributed by atoms with E-state index in [9.17, 15) is 4.79 Å². The number of hydrogen-bond donors (Lipinski definition) is 2. The Bertz CT molecular complexity index is 878. The second-order valence-electron chi connectivity index (χ2n) is 6.08. The van der Waals surface area contributed by atoms with Crippen LogP contribution in [0.15, 0.2) is 31.4 Å². The first-order valence-electron chi connectivity index (χ1n) is 7.94. The first-order valence-corrected chi connectivity index (χ1v) is 7.94. The molecule has 0 radical (unpaired) electrons. The molecule has 3 aromatic heterocycles. The summed E-state index contributed by atoms with van der Waals surface area (Å²) in [7, 11) is 0. The molecule has 0 spiro atoms. The van der Waals surface area contributed by atoms with E-state index in [0.29, 0.717) is 25.5 Å². The smallest absolute Gasteiger partial charge is 0.407 e. The molecule has 3 heterocycles. The van der Waals surface area contributed by atoms with Crippen LogP contribution in [0.1, 0.15) is 20.3 Å². The Hall–Kier alpha value is -2.83. The molecular formula is C17H21N5O2. The van der Waals surface area contributed by atoms with Gasteiger partial charge in [0.1, 0.15) is 17.5 Å². The summed E-state index contributed by atoms with van der Waals surface area (Å²) in [5, 5.41) is 3.73. The lowest BCUT2D eigenvalue weighted by Crippen LogP contribution is -2.27. The number of amides is 1. The maximum atomic E-state index is 11.6. The number of alkyl carbamates (subject to hydrolysis) is 1. The van der Waals surface area contributed by atoms with E-state index in [4.69, 9.17) is 4.74 Å². The van der Waals surface area contributed by atoms with Gasteiger partial charge in [-0.1, -0.05) is 20.4 Å². The summed E-state index contributed by atoms with van der Waals surface area (Å²) in [6, 6.07) is 1.97. The zero-order chi connectivity index (χ0) is 17.1. The lowest BCUT2D eigenvalue weighted by Gasteiger charge is -2.11. The number of nitrogens with one attached hydrogen (secondary N) is 2. The number of carbonyl (C=O) groups excluding carboxylic acids is 1. The maximum Gasteiger partial charge on any atom is 0.407 e. The summed E-state index contributed by atoms with van der Waals surface area (Å²) in [5.74, 6) is 0.320. The standard InChI is InChI=1S/C17H21N5O2/c1-11(2)9-24-17(23)19-6-4-12(3)22-10-21-14-8-20-16-13(15(14)22)5-7-18-16/h5,7-8,10-11H,3-4,6,9H2,1-2H3,(H,18,20)(H,19,23). The van der Waals surface area contributed by atoms with Crippen LogP contribution < -0.4 is 5.32 Å². The second-order valence-corrected chi connectivity index (χ2v) is 6.08. The van der Waals surface area contributed by atoms with Gasteiger partial charge in [-0.15, -0.1) is 0 Å². The molecule has 3 rings (SSSR count). The summed E-state index contributed by atoms with van der Waals surface area (Å²) in [6.07, 6.45) is 5.52. The topological polar surface area (TPSA) is 84.8 Å². The molecule has 126 valence electrons. The molecule has 0 atom stereocenters. The second kappa shape index (κ2) is 6.74. The van der Waals surface area contributed by atoms with Crippen molar-refractivity contribution < 1.29 is 9.53 Å². The molecular weight excluding hydrogens is 306 g/mol. The first kappa shape index (κ1) is 16.0. The van der Waals surface area contributed by atoms with Gasteiger partial charge in [-0.05, 0) is 12.0 Å². The lowest BCUT2D eigenvalue weighted by atomic mass is 10.2. The third-order valence-electron chi connectivity index (χ3n) is 3.66. The van der Waals surface area contributed by atoms with Crippen molar-refractivity contribution in [2.75, 3.05) is 13.2 Å². The highest BCUT2D eigenvalue weighted by atomic mass is 16.5. The third kappa shape index (κ3) is 3.24. The molecule has 2 N–H and O–H groups in total. The Morgan fingerprint density at radius 3 is 3.08 bits per heavy atom. The molecule has 0 aromatic carbocycles. The number of pyridine rings is 1. The van der Waals surface area contributed by atoms with Crippen LogP contribution in [0.4, 0.5) is 4.79 Å². The number of carbonyl (C=O) groups is 1. The van der Waals surface area contributed by atoms with E-state index >= 15 is 0 Å². The summed E-state index contributed by atoms with van der Waals surface area (Å²) in [5.41, 5.74) is 3.43. The van der Waals surface area contributed by atoms with Crippen LogP contribution in [-0.2, 0) is 4.74 Å². The van der Waals surface area contributed by atoms with E-state index in [1.165, 1.54) is 0 Å².